The van der Waals surface area contributed by atoms with Crippen LogP contribution in [0.5, 0.6) is 0 Å². The number of hydrogen-bond acceptors (Lipinski definition) is 0. The summed E-state index contributed by atoms with van der Waals surface area (Å²) >= 11 is 0. The fraction of sp³-hybridized carbons (Fsp3) is 0.727. The third kappa shape index (κ3) is 1.82. The molecule has 5 rings (SSSR count). The van der Waals surface area contributed by atoms with Gasteiger partial charge in [0.15, 0.2) is 0 Å². The Morgan fingerprint density at radius 2 is 1.82 bits per heavy atom. The Balaban J connectivity index is 1.50. The van der Waals surface area contributed by atoms with Gasteiger partial charge in [-0.05, 0) is 91.1 Å². The molecule has 0 heteroatoms. The van der Waals surface area contributed by atoms with E-state index in [4.69, 9.17) is 0 Å². The van der Waals surface area contributed by atoms with Crippen molar-refractivity contribution in [1.82, 2.24) is 0 Å². The zero-order chi connectivity index (χ0) is 14.8. The molecular formula is C22H30. The van der Waals surface area contributed by atoms with Gasteiger partial charge >= 0.3 is 0 Å². The van der Waals surface area contributed by atoms with E-state index in [2.05, 4.69) is 31.2 Å². The van der Waals surface area contributed by atoms with Crippen molar-refractivity contribution in [2.24, 2.45) is 22.7 Å². The molecule has 3 saturated carbocycles. The van der Waals surface area contributed by atoms with Crippen molar-refractivity contribution in [3.05, 3.63) is 35.4 Å². The highest BCUT2D eigenvalue weighted by Crippen LogP contribution is 2.68. The Morgan fingerprint density at radius 3 is 2.68 bits per heavy atom. The van der Waals surface area contributed by atoms with Crippen LogP contribution in [0.2, 0.25) is 0 Å². The monoisotopic (exact) mass is 294 g/mol. The highest BCUT2D eigenvalue weighted by atomic mass is 14.6. The average molecular weight is 294 g/mol. The lowest BCUT2D eigenvalue weighted by Crippen LogP contribution is -2.39. The topological polar surface area (TPSA) is 0 Å². The molecule has 0 N–H and O–H groups in total. The van der Waals surface area contributed by atoms with E-state index in [1.807, 2.05) is 0 Å². The second-order valence-electron chi connectivity index (χ2n) is 9.40. The van der Waals surface area contributed by atoms with Crippen molar-refractivity contribution in [3.8, 4) is 0 Å². The molecule has 1 spiro atoms. The van der Waals surface area contributed by atoms with Crippen LogP contribution in [-0.2, 0) is 6.42 Å². The van der Waals surface area contributed by atoms with Crippen LogP contribution in [-0.4, -0.2) is 0 Å². The fourth-order valence-corrected chi connectivity index (χ4v) is 7.43. The van der Waals surface area contributed by atoms with Gasteiger partial charge in [0.05, 0.1) is 0 Å². The number of rotatable bonds is 0. The molecule has 0 amide bonds. The Labute approximate surface area is 135 Å². The van der Waals surface area contributed by atoms with Crippen LogP contribution in [0.15, 0.2) is 24.3 Å². The molecule has 0 nitrogen and oxygen atoms in total. The molecule has 118 valence electrons. The van der Waals surface area contributed by atoms with Crippen molar-refractivity contribution in [2.45, 2.75) is 77.0 Å². The first-order valence-electron chi connectivity index (χ1n) is 9.77. The maximum atomic E-state index is 2.67. The van der Waals surface area contributed by atoms with Gasteiger partial charge in [0.25, 0.3) is 0 Å². The Kier molecular flexibility index (Phi) is 2.86. The summed E-state index contributed by atoms with van der Waals surface area (Å²) in [5, 5.41) is 0. The molecule has 1 aromatic carbocycles. The quantitative estimate of drug-likeness (QED) is 0.542. The zero-order valence-corrected chi connectivity index (χ0v) is 14.1. The molecule has 22 heavy (non-hydrogen) atoms. The molecule has 0 radical (unpaired) electrons. The molecule has 4 aliphatic carbocycles. The first kappa shape index (κ1) is 13.6. The van der Waals surface area contributed by atoms with E-state index in [9.17, 15) is 0 Å². The summed E-state index contributed by atoms with van der Waals surface area (Å²) in [6, 6.07) is 9.37. The van der Waals surface area contributed by atoms with Crippen LogP contribution in [0.3, 0.4) is 0 Å². The molecule has 0 aliphatic heterocycles. The third-order valence-electron chi connectivity index (χ3n) is 8.25. The summed E-state index contributed by atoms with van der Waals surface area (Å²) in [5.74, 6) is 2.91. The lowest BCUT2D eigenvalue weighted by atomic mass is 9.56. The maximum Gasteiger partial charge on any atom is -0.0128 e. The lowest BCUT2D eigenvalue weighted by Gasteiger charge is -2.49. The fourth-order valence-electron chi connectivity index (χ4n) is 7.43. The van der Waals surface area contributed by atoms with Gasteiger partial charge < -0.3 is 0 Å². The molecule has 0 heterocycles. The van der Waals surface area contributed by atoms with Crippen molar-refractivity contribution in [1.29, 1.82) is 0 Å². The second kappa shape index (κ2) is 4.62. The van der Waals surface area contributed by atoms with Crippen molar-refractivity contribution < 1.29 is 0 Å². The highest BCUT2D eigenvalue weighted by Gasteiger charge is 2.58. The number of benzene rings is 1. The van der Waals surface area contributed by atoms with E-state index >= 15 is 0 Å². The van der Waals surface area contributed by atoms with Gasteiger partial charge in [0, 0.05) is 0 Å². The second-order valence-corrected chi connectivity index (χ2v) is 9.40. The van der Waals surface area contributed by atoms with E-state index < -0.39 is 0 Å². The van der Waals surface area contributed by atoms with E-state index in [1.54, 1.807) is 36.8 Å². The predicted octanol–water partition coefficient (Wildman–Crippen LogP) is 6.10. The van der Waals surface area contributed by atoms with Crippen molar-refractivity contribution in [2.75, 3.05) is 0 Å². The lowest BCUT2D eigenvalue weighted by molar-refractivity contribution is 0.0597. The summed E-state index contributed by atoms with van der Waals surface area (Å²) in [4.78, 5) is 0. The van der Waals surface area contributed by atoms with E-state index in [0.29, 0.717) is 5.41 Å². The molecule has 0 unspecified atom stereocenters. The summed E-state index contributed by atoms with van der Waals surface area (Å²) < 4.78 is 0. The van der Waals surface area contributed by atoms with Gasteiger partial charge in [-0.3, -0.25) is 0 Å². The predicted molar refractivity (Wildman–Crippen MR) is 92.0 cm³/mol. The van der Waals surface area contributed by atoms with E-state index in [0.717, 1.165) is 23.2 Å². The van der Waals surface area contributed by atoms with Gasteiger partial charge in [-0.1, -0.05) is 44.0 Å². The largest absolute Gasteiger partial charge is 0.0620 e. The smallest absolute Gasteiger partial charge is 0.0128 e. The van der Waals surface area contributed by atoms with E-state index in [1.165, 1.54) is 38.5 Å². The Hall–Kier alpha value is -0.780. The third-order valence-corrected chi connectivity index (χ3v) is 8.25. The van der Waals surface area contributed by atoms with Gasteiger partial charge in [0.2, 0.25) is 0 Å². The Morgan fingerprint density at radius 1 is 1.00 bits per heavy atom. The van der Waals surface area contributed by atoms with Crippen LogP contribution >= 0.6 is 0 Å². The molecule has 0 saturated heterocycles. The molecule has 0 aromatic heterocycles. The van der Waals surface area contributed by atoms with Crippen LogP contribution in [0.4, 0.5) is 0 Å². The molecule has 3 fully saturated rings. The van der Waals surface area contributed by atoms with Crippen LogP contribution in [0, 0.1) is 22.7 Å². The van der Waals surface area contributed by atoms with Crippen LogP contribution in [0.1, 0.15) is 81.8 Å². The number of fused-ring (bicyclic) bond motifs is 5. The first-order chi connectivity index (χ1) is 10.7. The van der Waals surface area contributed by atoms with Crippen molar-refractivity contribution >= 4 is 0 Å². The molecule has 1 aromatic rings. The Bertz CT molecular complexity index is 579. The maximum absolute atomic E-state index is 2.67. The number of aryl methyl sites for hydroxylation is 1. The SMILES string of the molecule is C[C@@]12CC[C@H]3c4ccccc4CC[C@@H]3[C@H]1CC1(CCCC1)C2. The van der Waals surface area contributed by atoms with Crippen LogP contribution in [0.25, 0.3) is 0 Å². The van der Waals surface area contributed by atoms with Gasteiger partial charge in [-0.25, -0.2) is 0 Å². The highest BCUT2D eigenvalue weighted by molar-refractivity contribution is 5.35. The first-order valence-corrected chi connectivity index (χ1v) is 9.77. The normalized spacial score (nSPS) is 42.0. The summed E-state index contributed by atoms with van der Waals surface area (Å²) in [6.07, 6.45) is 15.0. The minimum absolute atomic E-state index is 0.678. The number of hydrogen-bond donors (Lipinski definition) is 0. The molecule has 4 aliphatic rings. The minimum atomic E-state index is 0.678. The van der Waals surface area contributed by atoms with Gasteiger partial charge in [0.1, 0.15) is 0 Å². The minimum Gasteiger partial charge on any atom is -0.0620 e. The summed E-state index contributed by atoms with van der Waals surface area (Å²) in [5.41, 5.74) is 4.84. The standard InChI is InChI=1S/C22H30/c1-21-13-10-18-17-7-3-2-6-16(17)8-9-19(18)20(21)14-22(15-21)11-4-5-12-22/h2-3,6-7,18-20H,4-5,8-15H2,1H3/t18-,19-,20+,21-/m0/s1. The average Bonchev–Trinajstić information content (AvgIpc) is 3.10. The van der Waals surface area contributed by atoms with Crippen LogP contribution < -0.4 is 0 Å². The van der Waals surface area contributed by atoms with Gasteiger partial charge in [-0.15, -0.1) is 0 Å². The molecule has 4 atom stereocenters. The van der Waals surface area contributed by atoms with E-state index in [-0.39, 0.29) is 0 Å². The summed E-state index contributed by atoms with van der Waals surface area (Å²) in [6.45, 7) is 2.67. The molecule has 0 bridgehead atoms. The van der Waals surface area contributed by atoms with Gasteiger partial charge in [-0.2, -0.15) is 0 Å². The summed E-state index contributed by atoms with van der Waals surface area (Å²) in [7, 11) is 0. The zero-order valence-electron chi connectivity index (χ0n) is 14.1. The molecular weight excluding hydrogens is 264 g/mol. The van der Waals surface area contributed by atoms with Crippen molar-refractivity contribution in [3.63, 3.8) is 0 Å².